The van der Waals surface area contributed by atoms with Gasteiger partial charge in [-0.15, -0.1) is 0 Å². The van der Waals surface area contributed by atoms with E-state index in [0.717, 1.165) is 19.3 Å². The molecule has 0 saturated heterocycles. The molecule has 0 aliphatic rings. The number of carbonyl (C=O) groups is 1. The Balaban J connectivity index is 0. The molecule has 92 valence electrons. The third-order valence-corrected chi connectivity index (χ3v) is 1.62. The molecule has 0 radical (unpaired) electrons. The van der Waals surface area contributed by atoms with Crippen molar-refractivity contribution >= 4 is 5.97 Å². The minimum absolute atomic E-state index is 0.125. The van der Waals surface area contributed by atoms with E-state index in [4.69, 9.17) is 5.11 Å². The van der Waals surface area contributed by atoms with Crippen LogP contribution in [0.4, 0.5) is 0 Å². The van der Waals surface area contributed by atoms with E-state index in [1.165, 1.54) is 6.92 Å². The van der Waals surface area contributed by atoms with Crippen molar-refractivity contribution in [1.82, 2.24) is 0 Å². The van der Waals surface area contributed by atoms with Crippen LogP contribution in [0.5, 0.6) is 0 Å². The second kappa shape index (κ2) is 11.5. The number of esters is 1. The lowest BCUT2D eigenvalue weighted by Gasteiger charge is -2.04. The van der Waals surface area contributed by atoms with Crippen molar-refractivity contribution < 1.29 is 14.6 Å². The smallest absolute Gasteiger partial charge is 0.302 e. The van der Waals surface area contributed by atoms with Crippen molar-refractivity contribution in [2.24, 2.45) is 5.92 Å². The molecule has 0 spiro atoms. The van der Waals surface area contributed by atoms with Crippen LogP contribution in [0, 0.1) is 5.92 Å². The molecule has 1 atom stereocenters. The lowest BCUT2D eigenvalue weighted by Crippen LogP contribution is -2.03. The normalized spacial score (nSPS) is 11.7. The van der Waals surface area contributed by atoms with Gasteiger partial charge in [0.25, 0.3) is 0 Å². The molecule has 0 aliphatic carbocycles. The Bertz CT molecular complexity index is 136. The van der Waals surface area contributed by atoms with Gasteiger partial charge in [-0.2, -0.15) is 0 Å². The van der Waals surface area contributed by atoms with Crippen LogP contribution >= 0.6 is 0 Å². The number of carbonyl (C=O) groups excluding carboxylic acids is 1. The van der Waals surface area contributed by atoms with E-state index in [1.54, 1.807) is 0 Å². The molecule has 0 aliphatic heterocycles. The highest BCUT2D eigenvalue weighted by Gasteiger charge is 1.97. The minimum Gasteiger partial charge on any atom is -0.466 e. The van der Waals surface area contributed by atoms with Crippen LogP contribution in [-0.4, -0.2) is 23.8 Å². The topological polar surface area (TPSA) is 46.5 Å². The van der Waals surface area contributed by atoms with Gasteiger partial charge in [0, 0.05) is 6.92 Å². The zero-order chi connectivity index (χ0) is 12.3. The molecule has 0 heterocycles. The third kappa shape index (κ3) is 24.7. The Morgan fingerprint density at radius 1 is 1.33 bits per heavy atom. The van der Waals surface area contributed by atoms with Gasteiger partial charge in [-0.1, -0.05) is 27.2 Å². The average Bonchev–Trinajstić information content (AvgIpc) is 2.02. The molecule has 0 aromatic rings. The zero-order valence-electron chi connectivity index (χ0n) is 10.7. The van der Waals surface area contributed by atoms with Gasteiger partial charge in [-0.05, 0) is 25.7 Å². The molecule has 0 saturated carbocycles. The fraction of sp³-hybridized carbons (Fsp3) is 0.917. The highest BCUT2D eigenvalue weighted by Crippen LogP contribution is 2.01. The molecule has 0 aromatic carbocycles. The van der Waals surface area contributed by atoms with Gasteiger partial charge < -0.3 is 9.84 Å². The fourth-order valence-corrected chi connectivity index (χ4v) is 1.04. The van der Waals surface area contributed by atoms with E-state index in [9.17, 15) is 4.79 Å². The van der Waals surface area contributed by atoms with Crippen LogP contribution in [0.3, 0.4) is 0 Å². The largest absolute Gasteiger partial charge is 0.466 e. The van der Waals surface area contributed by atoms with E-state index in [0.29, 0.717) is 12.5 Å². The molecule has 3 nitrogen and oxygen atoms in total. The zero-order valence-corrected chi connectivity index (χ0v) is 10.7. The minimum atomic E-state index is -0.182. The number of hydrogen-bond acceptors (Lipinski definition) is 3. The van der Waals surface area contributed by atoms with Gasteiger partial charge in [0.2, 0.25) is 0 Å². The summed E-state index contributed by atoms with van der Waals surface area (Å²) in [6, 6.07) is 0. The molecular weight excluding hydrogens is 192 g/mol. The van der Waals surface area contributed by atoms with Gasteiger partial charge in [0.05, 0.1) is 12.7 Å². The molecule has 3 heteroatoms. The first-order chi connectivity index (χ1) is 6.90. The molecule has 0 rings (SSSR count). The van der Waals surface area contributed by atoms with E-state index >= 15 is 0 Å². The van der Waals surface area contributed by atoms with Crippen LogP contribution < -0.4 is 0 Å². The lowest BCUT2D eigenvalue weighted by atomic mass is 10.1. The Hall–Kier alpha value is -0.570. The van der Waals surface area contributed by atoms with Gasteiger partial charge in [-0.3, -0.25) is 4.79 Å². The highest BCUT2D eigenvalue weighted by molar-refractivity contribution is 5.65. The van der Waals surface area contributed by atoms with Gasteiger partial charge in [0.1, 0.15) is 0 Å². The predicted molar refractivity (Wildman–Crippen MR) is 62.7 cm³/mol. The Morgan fingerprint density at radius 2 is 1.87 bits per heavy atom. The first-order valence-electron chi connectivity index (χ1n) is 5.71. The number of aliphatic hydroxyl groups excluding tert-OH is 1. The van der Waals surface area contributed by atoms with Gasteiger partial charge >= 0.3 is 5.97 Å². The van der Waals surface area contributed by atoms with Crippen molar-refractivity contribution in [3.63, 3.8) is 0 Å². The summed E-state index contributed by atoms with van der Waals surface area (Å²) in [6.07, 6.45) is 2.84. The van der Waals surface area contributed by atoms with Crippen molar-refractivity contribution in [3.05, 3.63) is 0 Å². The summed E-state index contributed by atoms with van der Waals surface area (Å²) in [6.45, 7) is 10.1. The average molecular weight is 218 g/mol. The fourth-order valence-electron chi connectivity index (χ4n) is 1.04. The third-order valence-electron chi connectivity index (χ3n) is 1.62. The maximum absolute atomic E-state index is 10.1. The first-order valence-corrected chi connectivity index (χ1v) is 5.71. The number of rotatable bonds is 5. The monoisotopic (exact) mass is 218 g/mol. The molecule has 0 fully saturated rings. The summed E-state index contributed by atoms with van der Waals surface area (Å²) in [5, 5.41) is 8.72. The standard InChI is InChI=1S/C6H12O2.C6H14O/c1-3-4-5-8-6(2)7;1-5(2)4-6(3)7/h3-5H2,1-2H3;5-7H,4H2,1-3H3. The quantitative estimate of drug-likeness (QED) is 0.570. The molecule has 0 amide bonds. The van der Waals surface area contributed by atoms with Crippen LogP contribution in [0.1, 0.15) is 53.9 Å². The Kier molecular flexibility index (Phi) is 12.9. The first kappa shape index (κ1) is 16.8. The summed E-state index contributed by atoms with van der Waals surface area (Å²) in [5.74, 6) is 0.443. The molecule has 0 aromatic heterocycles. The molecule has 0 bridgehead atoms. The number of unbranched alkanes of at least 4 members (excludes halogenated alkanes) is 1. The SMILES string of the molecule is CC(C)CC(C)O.CCCCOC(C)=O. The van der Waals surface area contributed by atoms with Crippen molar-refractivity contribution in [1.29, 1.82) is 0 Å². The van der Waals surface area contributed by atoms with Crippen molar-refractivity contribution in [3.8, 4) is 0 Å². The molecular formula is C12H26O3. The van der Waals surface area contributed by atoms with Crippen molar-refractivity contribution in [2.75, 3.05) is 6.61 Å². The number of aliphatic hydroxyl groups is 1. The molecule has 15 heavy (non-hydrogen) atoms. The molecule has 1 N–H and O–H groups in total. The summed E-state index contributed by atoms with van der Waals surface area (Å²) < 4.78 is 4.64. The summed E-state index contributed by atoms with van der Waals surface area (Å²) in [7, 11) is 0. The Morgan fingerprint density at radius 3 is 2.07 bits per heavy atom. The van der Waals surface area contributed by atoms with Crippen LogP contribution in [0.15, 0.2) is 0 Å². The summed E-state index contributed by atoms with van der Waals surface area (Å²) in [5.41, 5.74) is 0. The maximum atomic E-state index is 10.1. The lowest BCUT2D eigenvalue weighted by molar-refractivity contribution is -0.141. The van der Waals surface area contributed by atoms with Crippen LogP contribution in [0.25, 0.3) is 0 Å². The van der Waals surface area contributed by atoms with E-state index in [2.05, 4.69) is 25.5 Å². The van der Waals surface area contributed by atoms with Crippen molar-refractivity contribution in [2.45, 2.75) is 60.0 Å². The second-order valence-corrected chi connectivity index (χ2v) is 4.17. The van der Waals surface area contributed by atoms with E-state index in [1.807, 2.05) is 6.92 Å². The number of hydrogen-bond donors (Lipinski definition) is 1. The van der Waals surface area contributed by atoms with Crippen LogP contribution in [-0.2, 0) is 9.53 Å². The van der Waals surface area contributed by atoms with Gasteiger partial charge in [-0.25, -0.2) is 0 Å². The molecule has 1 unspecified atom stereocenters. The summed E-state index contributed by atoms with van der Waals surface area (Å²) in [4.78, 5) is 10.1. The second-order valence-electron chi connectivity index (χ2n) is 4.17. The maximum Gasteiger partial charge on any atom is 0.302 e. The van der Waals surface area contributed by atoms with E-state index in [-0.39, 0.29) is 12.1 Å². The highest BCUT2D eigenvalue weighted by atomic mass is 16.5. The van der Waals surface area contributed by atoms with Crippen LogP contribution in [0.2, 0.25) is 0 Å². The van der Waals surface area contributed by atoms with Gasteiger partial charge in [0.15, 0.2) is 0 Å². The van der Waals surface area contributed by atoms with E-state index < -0.39 is 0 Å². The summed E-state index contributed by atoms with van der Waals surface area (Å²) >= 11 is 0. The Labute approximate surface area is 93.8 Å². The number of ether oxygens (including phenoxy) is 1. The predicted octanol–water partition coefficient (Wildman–Crippen LogP) is 2.76.